The highest BCUT2D eigenvalue weighted by Crippen LogP contribution is 2.28. The zero-order valence-corrected chi connectivity index (χ0v) is 16.1. The monoisotopic (exact) mass is 355 g/mol. The van der Waals surface area contributed by atoms with Gasteiger partial charge in [0.2, 0.25) is 0 Å². The molecule has 2 atom stereocenters. The summed E-state index contributed by atoms with van der Waals surface area (Å²) in [5.41, 5.74) is 2.25. The number of morpholine rings is 1. The minimum atomic E-state index is 0.0582. The summed E-state index contributed by atoms with van der Waals surface area (Å²) >= 11 is 0. The van der Waals surface area contributed by atoms with Gasteiger partial charge >= 0.3 is 0 Å². The van der Waals surface area contributed by atoms with E-state index in [9.17, 15) is 10.1 Å². The molecule has 0 aromatic heterocycles. The third-order valence-corrected chi connectivity index (χ3v) is 5.47. The molecular weight excluding hydrogens is 326 g/mol. The van der Waals surface area contributed by atoms with E-state index in [1.165, 1.54) is 0 Å². The lowest BCUT2D eigenvalue weighted by Crippen LogP contribution is -2.48. The maximum absolute atomic E-state index is 12.0. The number of Topliss-reactive ketones (excluding diaryl/α,β-unsaturated/α-hetero) is 1. The van der Waals surface area contributed by atoms with Crippen molar-refractivity contribution in [1.29, 1.82) is 5.26 Å². The van der Waals surface area contributed by atoms with Gasteiger partial charge in [0.25, 0.3) is 0 Å². The Morgan fingerprint density at radius 3 is 2.46 bits per heavy atom. The second kappa shape index (κ2) is 8.20. The van der Waals surface area contributed by atoms with Crippen molar-refractivity contribution in [3.8, 4) is 6.07 Å². The first-order valence-electron chi connectivity index (χ1n) is 9.64. The number of hydrogen-bond donors (Lipinski definition) is 0. The molecule has 1 aromatic rings. The predicted octanol–water partition coefficient (Wildman–Crippen LogP) is 3.09. The number of nitrogens with zero attached hydrogens (tertiary/aromatic N) is 3. The lowest BCUT2D eigenvalue weighted by Gasteiger charge is -2.40. The maximum atomic E-state index is 12.0. The fraction of sp³-hybridized carbons (Fsp3) is 0.619. The molecule has 1 aromatic carbocycles. The first kappa shape index (κ1) is 18.9. The van der Waals surface area contributed by atoms with E-state index in [1.54, 1.807) is 19.1 Å². The van der Waals surface area contributed by atoms with Crippen LogP contribution in [0.4, 0.5) is 5.69 Å². The van der Waals surface area contributed by atoms with Crippen LogP contribution in [0.25, 0.3) is 0 Å². The maximum Gasteiger partial charge on any atom is 0.161 e. The van der Waals surface area contributed by atoms with Crippen LogP contribution in [0.1, 0.15) is 49.5 Å². The number of piperidine rings is 1. The number of ketones is 1. The Hall–Kier alpha value is -1.90. The van der Waals surface area contributed by atoms with E-state index in [-0.39, 0.29) is 5.78 Å². The number of benzene rings is 1. The van der Waals surface area contributed by atoms with Crippen molar-refractivity contribution in [2.45, 2.75) is 45.8 Å². The van der Waals surface area contributed by atoms with E-state index in [1.807, 2.05) is 6.07 Å². The quantitative estimate of drug-likeness (QED) is 0.777. The van der Waals surface area contributed by atoms with E-state index < -0.39 is 0 Å². The molecule has 3 rings (SSSR count). The largest absolute Gasteiger partial charge is 0.373 e. The van der Waals surface area contributed by atoms with Crippen LogP contribution in [0.3, 0.4) is 0 Å². The van der Waals surface area contributed by atoms with Crippen molar-refractivity contribution in [2.24, 2.45) is 5.92 Å². The van der Waals surface area contributed by atoms with E-state index in [4.69, 9.17) is 4.74 Å². The molecule has 0 bridgehead atoms. The average Bonchev–Trinajstić information content (AvgIpc) is 2.61. The van der Waals surface area contributed by atoms with Crippen LogP contribution >= 0.6 is 0 Å². The van der Waals surface area contributed by atoms with Crippen LogP contribution in [0.5, 0.6) is 0 Å². The van der Waals surface area contributed by atoms with Gasteiger partial charge in [-0.1, -0.05) is 0 Å². The molecule has 2 heterocycles. The molecule has 0 spiro atoms. The van der Waals surface area contributed by atoms with Gasteiger partial charge in [-0.2, -0.15) is 5.26 Å². The normalized spacial score (nSPS) is 25.1. The van der Waals surface area contributed by atoms with Crippen molar-refractivity contribution in [1.82, 2.24) is 4.90 Å². The molecule has 2 fully saturated rings. The lowest BCUT2D eigenvalue weighted by atomic mass is 9.94. The highest BCUT2D eigenvalue weighted by Gasteiger charge is 2.27. The van der Waals surface area contributed by atoms with Crippen molar-refractivity contribution in [2.75, 3.05) is 37.6 Å². The van der Waals surface area contributed by atoms with Crippen LogP contribution in [-0.4, -0.2) is 55.6 Å². The van der Waals surface area contributed by atoms with Crippen molar-refractivity contribution in [3.63, 3.8) is 0 Å². The molecule has 0 saturated carbocycles. The summed E-state index contributed by atoms with van der Waals surface area (Å²) < 4.78 is 5.83. The van der Waals surface area contributed by atoms with Gasteiger partial charge in [0, 0.05) is 44.0 Å². The van der Waals surface area contributed by atoms with Crippen molar-refractivity contribution in [3.05, 3.63) is 29.3 Å². The van der Waals surface area contributed by atoms with Gasteiger partial charge in [-0.15, -0.1) is 0 Å². The van der Waals surface area contributed by atoms with Gasteiger partial charge in [-0.3, -0.25) is 9.69 Å². The Morgan fingerprint density at radius 1 is 1.23 bits per heavy atom. The topological polar surface area (TPSA) is 56.6 Å². The van der Waals surface area contributed by atoms with E-state index in [0.717, 1.165) is 56.8 Å². The standard InChI is InChI=1S/C21H29N3O2/c1-15-12-23(13-16(2)26-15)14-18-6-8-24(9-7-18)21-10-19(11-22)4-5-20(21)17(3)25/h4-5,10,15-16,18H,6-9,12-14H2,1-3H3. The van der Waals surface area contributed by atoms with Gasteiger partial charge in [0.05, 0.1) is 23.8 Å². The van der Waals surface area contributed by atoms with E-state index >= 15 is 0 Å². The van der Waals surface area contributed by atoms with Crippen molar-refractivity contribution < 1.29 is 9.53 Å². The Morgan fingerprint density at radius 2 is 1.88 bits per heavy atom. The summed E-state index contributed by atoms with van der Waals surface area (Å²) in [4.78, 5) is 16.8. The SMILES string of the molecule is CC(=O)c1ccc(C#N)cc1N1CCC(CN2CC(C)OC(C)C2)CC1. The van der Waals surface area contributed by atoms with Gasteiger partial charge in [0.1, 0.15) is 0 Å². The minimum absolute atomic E-state index is 0.0582. The molecule has 5 nitrogen and oxygen atoms in total. The minimum Gasteiger partial charge on any atom is -0.373 e. The Bertz CT molecular complexity index is 679. The van der Waals surface area contributed by atoms with Gasteiger partial charge in [0.15, 0.2) is 5.78 Å². The van der Waals surface area contributed by atoms with Crippen LogP contribution in [0.15, 0.2) is 18.2 Å². The van der Waals surface area contributed by atoms with Crippen LogP contribution in [0.2, 0.25) is 0 Å². The molecule has 26 heavy (non-hydrogen) atoms. The molecule has 0 N–H and O–H groups in total. The highest BCUT2D eigenvalue weighted by atomic mass is 16.5. The third kappa shape index (κ3) is 4.44. The number of nitriles is 1. The first-order chi connectivity index (χ1) is 12.5. The van der Waals surface area contributed by atoms with Crippen molar-refractivity contribution >= 4 is 11.5 Å². The Labute approximate surface area is 156 Å². The fourth-order valence-electron chi connectivity index (χ4n) is 4.32. The second-order valence-corrected chi connectivity index (χ2v) is 7.81. The summed E-state index contributed by atoms with van der Waals surface area (Å²) in [6.07, 6.45) is 2.86. The first-order valence-corrected chi connectivity index (χ1v) is 9.64. The molecule has 5 heteroatoms. The molecule has 0 amide bonds. The highest BCUT2D eigenvalue weighted by molar-refractivity contribution is 6.00. The number of anilines is 1. The summed E-state index contributed by atoms with van der Waals surface area (Å²) in [6.45, 7) is 10.9. The van der Waals surface area contributed by atoms with Gasteiger partial charge in [-0.25, -0.2) is 0 Å². The smallest absolute Gasteiger partial charge is 0.161 e. The molecular formula is C21H29N3O2. The molecule has 2 aliphatic rings. The number of rotatable bonds is 4. The van der Waals surface area contributed by atoms with Gasteiger partial charge in [-0.05, 0) is 57.7 Å². The molecule has 0 aliphatic carbocycles. The summed E-state index contributed by atoms with van der Waals surface area (Å²) in [5.74, 6) is 0.742. The Balaban J connectivity index is 1.62. The summed E-state index contributed by atoms with van der Waals surface area (Å²) in [7, 11) is 0. The van der Waals surface area contributed by atoms with Crippen LogP contribution in [0, 0.1) is 17.2 Å². The molecule has 0 radical (unpaired) electrons. The zero-order chi connectivity index (χ0) is 18.7. The second-order valence-electron chi connectivity index (χ2n) is 7.81. The summed E-state index contributed by atoms with van der Waals surface area (Å²) in [6, 6.07) is 7.57. The summed E-state index contributed by atoms with van der Waals surface area (Å²) in [5, 5.41) is 9.19. The molecule has 2 unspecified atom stereocenters. The number of carbonyl (C=O) groups is 1. The lowest BCUT2D eigenvalue weighted by molar-refractivity contribution is -0.0720. The van der Waals surface area contributed by atoms with E-state index in [2.05, 4.69) is 29.7 Å². The number of hydrogen-bond acceptors (Lipinski definition) is 5. The zero-order valence-electron chi connectivity index (χ0n) is 16.1. The van der Waals surface area contributed by atoms with Gasteiger partial charge < -0.3 is 9.64 Å². The fourth-order valence-corrected chi connectivity index (χ4v) is 4.32. The average molecular weight is 355 g/mol. The number of ether oxygens (including phenoxy) is 1. The Kier molecular flexibility index (Phi) is 5.95. The number of carbonyl (C=O) groups excluding carboxylic acids is 1. The van der Waals surface area contributed by atoms with Crippen LogP contribution in [-0.2, 0) is 4.74 Å². The predicted molar refractivity (Wildman–Crippen MR) is 103 cm³/mol. The molecule has 2 saturated heterocycles. The molecule has 140 valence electrons. The van der Waals surface area contributed by atoms with E-state index in [0.29, 0.717) is 23.7 Å². The third-order valence-electron chi connectivity index (χ3n) is 5.47. The van der Waals surface area contributed by atoms with Crippen LogP contribution < -0.4 is 4.90 Å². The molecule has 2 aliphatic heterocycles.